The van der Waals surface area contributed by atoms with Crippen LogP contribution in [0.3, 0.4) is 0 Å². The van der Waals surface area contributed by atoms with Crippen molar-refractivity contribution < 1.29 is 24.2 Å². The molecule has 0 bridgehead atoms. The molecule has 166 valence electrons. The molecule has 2 N–H and O–H groups in total. The van der Waals surface area contributed by atoms with Crippen molar-refractivity contribution in [1.29, 1.82) is 0 Å². The molecule has 32 heavy (non-hydrogen) atoms. The average molecular weight is 437 g/mol. The third-order valence-electron chi connectivity index (χ3n) is 5.06. The van der Waals surface area contributed by atoms with Crippen LogP contribution < -0.4 is 5.32 Å². The lowest BCUT2D eigenvalue weighted by atomic mass is 10.1. The highest BCUT2D eigenvalue weighted by atomic mass is 16.5. The van der Waals surface area contributed by atoms with Crippen molar-refractivity contribution in [3.8, 4) is 11.4 Å². The molecular formula is C22H23N5O5. The van der Waals surface area contributed by atoms with Gasteiger partial charge in [0.25, 0.3) is 5.91 Å². The lowest BCUT2D eigenvalue weighted by Crippen LogP contribution is -2.35. The Morgan fingerprint density at radius 1 is 1.19 bits per heavy atom. The van der Waals surface area contributed by atoms with Crippen LogP contribution in [0.2, 0.25) is 0 Å². The van der Waals surface area contributed by atoms with Crippen molar-refractivity contribution in [1.82, 2.24) is 19.9 Å². The van der Waals surface area contributed by atoms with Gasteiger partial charge in [-0.05, 0) is 36.4 Å². The Hall–Kier alpha value is -3.76. The van der Waals surface area contributed by atoms with Crippen LogP contribution >= 0.6 is 0 Å². The molecule has 1 aliphatic rings. The number of phenols is 1. The van der Waals surface area contributed by atoms with Crippen LogP contribution in [0.1, 0.15) is 26.4 Å². The molecule has 1 amide bonds. The van der Waals surface area contributed by atoms with E-state index in [4.69, 9.17) is 9.47 Å². The van der Waals surface area contributed by atoms with Crippen LogP contribution in [0, 0.1) is 0 Å². The summed E-state index contributed by atoms with van der Waals surface area (Å²) >= 11 is 0. The number of carbonyl (C=O) groups excluding carboxylic acids is 2. The molecule has 1 aliphatic heterocycles. The molecular weight excluding hydrogens is 414 g/mol. The van der Waals surface area contributed by atoms with Gasteiger partial charge in [-0.2, -0.15) is 0 Å². The molecule has 10 heteroatoms. The summed E-state index contributed by atoms with van der Waals surface area (Å²) in [6.45, 7) is 3.74. The quantitative estimate of drug-likeness (QED) is 0.561. The molecule has 1 aromatic heterocycles. The lowest BCUT2D eigenvalue weighted by Gasteiger charge is -2.25. The first-order chi connectivity index (χ1) is 15.5. The number of morpholine rings is 1. The van der Waals surface area contributed by atoms with E-state index in [2.05, 4.69) is 20.5 Å². The number of aromatic hydroxyl groups is 1. The summed E-state index contributed by atoms with van der Waals surface area (Å²) in [6, 6.07) is 11.0. The molecule has 0 atom stereocenters. The second-order valence-electron chi connectivity index (χ2n) is 7.27. The van der Waals surface area contributed by atoms with Crippen molar-refractivity contribution in [2.45, 2.75) is 6.54 Å². The Bertz CT molecular complexity index is 1120. The highest BCUT2D eigenvalue weighted by Crippen LogP contribution is 2.23. The van der Waals surface area contributed by atoms with Crippen LogP contribution in [0.25, 0.3) is 5.69 Å². The Balaban J connectivity index is 1.50. The normalized spacial score (nSPS) is 14.2. The van der Waals surface area contributed by atoms with Crippen molar-refractivity contribution in [3.05, 3.63) is 65.5 Å². The number of anilines is 1. The van der Waals surface area contributed by atoms with Gasteiger partial charge in [0, 0.05) is 25.3 Å². The maximum Gasteiger partial charge on any atom is 0.337 e. The summed E-state index contributed by atoms with van der Waals surface area (Å²) in [5.74, 6) is -1.21. The molecule has 0 aliphatic carbocycles. The predicted octanol–water partition coefficient (Wildman–Crippen LogP) is 1.84. The average Bonchev–Trinajstić information content (AvgIpc) is 3.28. The summed E-state index contributed by atoms with van der Waals surface area (Å²) in [7, 11) is 1.29. The summed E-state index contributed by atoms with van der Waals surface area (Å²) in [6.07, 6.45) is 1.80. The molecule has 0 spiro atoms. The molecule has 1 saturated heterocycles. The zero-order chi connectivity index (χ0) is 22.5. The number of phenolic OH excluding ortho intramolecular Hbond substituents is 1. The van der Waals surface area contributed by atoms with E-state index in [1.807, 2.05) is 0 Å². The van der Waals surface area contributed by atoms with Gasteiger partial charge in [0.15, 0.2) is 0 Å². The van der Waals surface area contributed by atoms with Crippen LogP contribution in [-0.2, 0) is 16.0 Å². The van der Waals surface area contributed by atoms with Gasteiger partial charge in [0.05, 0.1) is 49.0 Å². The number of benzene rings is 2. The smallest absolute Gasteiger partial charge is 0.337 e. The van der Waals surface area contributed by atoms with E-state index in [0.29, 0.717) is 36.7 Å². The van der Waals surface area contributed by atoms with Gasteiger partial charge in [-0.1, -0.05) is 11.3 Å². The highest BCUT2D eigenvalue weighted by Gasteiger charge is 2.16. The molecule has 4 rings (SSSR count). The number of carbonyl (C=O) groups is 2. The lowest BCUT2D eigenvalue weighted by molar-refractivity contribution is 0.0336. The van der Waals surface area contributed by atoms with Gasteiger partial charge in [0.2, 0.25) is 0 Å². The second-order valence-corrected chi connectivity index (χ2v) is 7.27. The summed E-state index contributed by atoms with van der Waals surface area (Å²) in [4.78, 5) is 26.7. The number of nitrogens with zero attached hydrogens (tertiary/aromatic N) is 4. The molecule has 0 saturated carbocycles. The van der Waals surface area contributed by atoms with Crippen LogP contribution in [0.15, 0.2) is 48.7 Å². The van der Waals surface area contributed by atoms with Gasteiger partial charge in [0.1, 0.15) is 5.75 Å². The largest absolute Gasteiger partial charge is 0.507 e. The van der Waals surface area contributed by atoms with Gasteiger partial charge >= 0.3 is 5.97 Å². The molecule has 3 aromatic rings. The highest BCUT2D eigenvalue weighted by molar-refractivity contribution is 6.07. The van der Waals surface area contributed by atoms with Crippen molar-refractivity contribution in [2.24, 2.45) is 0 Å². The number of hydrogen-bond acceptors (Lipinski definition) is 8. The fourth-order valence-corrected chi connectivity index (χ4v) is 3.37. The molecule has 1 fully saturated rings. The van der Waals surface area contributed by atoms with Crippen molar-refractivity contribution in [2.75, 3.05) is 38.7 Å². The Morgan fingerprint density at radius 3 is 2.78 bits per heavy atom. The number of aromatic nitrogens is 3. The zero-order valence-electron chi connectivity index (χ0n) is 17.5. The van der Waals surface area contributed by atoms with E-state index < -0.39 is 11.9 Å². The molecule has 0 unspecified atom stereocenters. The second kappa shape index (κ2) is 9.58. The first kappa shape index (κ1) is 21.5. The monoisotopic (exact) mass is 437 g/mol. The van der Waals surface area contributed by atoms with Gasteiger partial charge < -0.3 is 19.9 Å². The zero-order valence-corrected chi connectivity index (χ0v) is 17.5. The van der Waals surface area contributed by atoms with Gasteiger partial charge in [-0.3, -0.25) is 9.69 Å². The number of rotatable bonds is 6. The number of esters is 1. The SMILES string of the molecule is COC(=O)c1cccc(NC(=O)c2cc(-n3cc(CN4CCOCC4)nn3)ccc2O)c1. The van der Waals surface area contributed by atoms with Gasteiger partial charge in [-0.25, -0.2) is 9.48 Å². The van der Waals surface area contributed by atoms with E-state index in [-0.39, 0.29) is 11.3 Å². The van der Waals surface area contributed by atoms with Crippen LogP contribution in [0.4, 0.5) is 5.69 Å². The van der Waals surface area contributed by atoms with E-state index in [1.165, 1.54) is 25.3 Å². The number of methoxy groups -OCH3 is 1. The molecule has 0 radical (unpaired) electrons. The minimum Gasteiger partial charge on any atom is -0.507 e. The Morgan fingerprint density at radius 2 is 2.00 bits per heavy atom. The molecule has 10 nitrogen and oxygen atoms in total. The molecule has 2 aromatic carbocycles. The molecule has 2 heterocycles. The number of nitrogens with one attached hydrogen (secondary N) is 1. The predicted molar refractivity (Wildman–Crippen MR) is 115 cm³/mol. The van der Waals surface area contributed by atoms with Crippen LogP contribution in [-0.4, -0.2) is 70.3 Å². The van der Waals surface area contributed by atoms with E-state index in [9.17, 15) is 14.7 Å². The minimum absolute atomic E-state index is 0.0659. The third-order valence-corrected chi connectivity index (χ3v) is 5.06. The van der Waals surface area contributed by atoms with Gasteiger partial charge in [-0.15, -0.1) is 5.10 Å². The third kappa shape index (κ3) is 4.93. The first-order valence-electron chi connectivity index (χ1n) is 10.1. The fraction of sp³-hybridized carbons (Fsp3) is 0.273. The fourth-order valence-electron chi connectivity index (χ4n) is 3.37. The van der Waals surface area contributed by atoms with Crippen molar-refractivity contribution >= 4 is 17.6 Å². The Kier molecular flexibility index (Phi) is 6.43. The topological polar surface area (TPSA) is 119 Å². The summed E-state index contributed by atoms with van der Waals surface area (Å²) in [5.41, 5.74) is 2.15. The minimum atomic E-state index is -0.528. The van der Waals surface area contributed by atoms with E-state index >= 15 is 0 Å². The van der Waals surface area contributed by atoms with Crippen molar-refractivity contribution in [3.63, 3.8) is 0 Å². The van der Waals surface area contributed by atoms with Crippen LogP contribution in [0.5, 0.6) is 5.75 Å². The number of amides is 1. The first-order valence-corrected chi connectivity index (χ1v) is 10.1. The maximum absolute atomic E-state index is 12.8. The maximum atomic E-state index is 12.8. The summed E-state index contributed by atoms with van der Waals surface area (Å²) < 4.78 is 11.6. The van der Waals surface area contributed by atoms with E-state index in [0.717, 1.165) is 18.8 Å². The standard InChI is InChI=1S/C22H23N5O5/c1-31-22(30)15-3-2-4-16(11-15)23-21(29)19-12-18(5-6-20(19)28)27-14-17(24-25-27)13-26-7-9-32-10-8-26/h2-6,11-12,14,28H,7-10,13H2,1H3,(H,23,29). The van der Waals surface area contributed by atoms with E-state index in [1.54, 1.807) is 35.1 Å². The number of hydrogen-bond donors (Lipinski definition) is 2. The number of ether oxygens (including phenoxy) is 2. The summed E-state index contributed by atoms with van der Waals surface area (Å²) in [5, 5.41) is 21.3. The Labute approximate surface area is 184 Å².